The van der Waals surface area contributed by atoms with E-state index in [0.717, 1.165) is 32.2 Å². The lowest BCUT2D eigenvalue weighted by molar-refractivity contribution is -0.121. The van der Waals surface area contributed by atoms with Crippen molar-refractivity contribution in [1.82, 2.24) is 5.32 Å². The molecule has 0 spiro atoms. The lowest BCUT2D eigenvalue weighted by atomic mass is 10.1. The van der Waals surface area contributed by atoms with Gasteiger partial charge < -0.3 is 11.1 Å². The van der Waals surface area contributed by atoms with E-state index in [-0.39, 0.29) is 11.9 Å². The van der Waals surface area contributed by atoms with Crippen LogP contribution in [0.4, 0.5) is 0 Å². The van der Waals surface area contributed by atoms with Gasteiger partial charge in [-0.05, 0) is 37.8 Å². The Hall–Kier alpha value is -0.870. The Balaban J connectivity index is 2.12. The zero-order valence-electron chi connectivity index (χ0n) is 10.4. The predicted octanol–water partition coefficient (Wildman–Crippen LogP) is 2.83. The van der Waals surface area contributed by atoms with Gasteiger partial charge in [0, 0.05) is 11.3 Å². The van der Waals surface area contributed by atoms with Gasteiger partial charge in [0.1, 0.15) is 0 Å². The Labute approximate surface area is 107 Å². The Morgan fingerprint density at radius 2 is 2.18 bits per heavy atom. The fourth-order valence-corrected chi connectivity index (χ4v) is 2.44. The van der Waals surface area contributed by atoms with Gasteiger partial charge in [-0.25, -0.2) is 0 Å². The number of carbonyl (C=O) groups is 1. The van der Waals surface area contributed by atoms with Gasteiger partial charge in [-0.2, -0.15) is 0 Å². The van der Waals surface area contributed by atoms with E-state index in [0.29, 0.717) is 6.42 Å². The number of hydrogen-bond donors (Lipinski definition) is 2. The van der Waals surface area contributed by atoms with Gasteiger partial charge in [-0.15, -0.1) is 11.3 Å². The smallest absolute Gasteiger partial charge is 0.220 e. The van der Waals surface area contributed by atoms with E-state index in [4.69, 9.17) is 5.73 Å². The average molecular weight is 254 g/mol. The fraction of sp³-hybridized carbons (Fsp3) is 0.615. The van der Waals surface area contributed by atoms with Crippen LogP contribution in [0.1, 0.15) is 49.9 Å². The lowest BCUT2D eigenvalue weighted by Gasteiger charge is -2.11. The van der Waals surface area contributed by atoms with E-state index in [9.17, 15) is 4.79 Å². The first-order valence-corrected chi connectivity index (χ1v) is 7.15. The van der Waals surface area contributed by atoms with Gasteiger partial charge in [0.05, 0.1) is 6.04 Å². The summed E-state index contributed by atoms with van der Waals surface area (Å²) in [4.78, 5) is 12.9. The van der Waals surface area contributed by atoms with E-state index in [2.05, 4.69) is 11.4 Å². The molecule has 96 valence electrons. The minimum atomic E-state index is 0.131. The number of thiophene rings is 1. The quantitative estimate of drug-likeness (QED) is 0.701. The highest BCUT2D eigenvalue weighted by Crippen LogP contribution is 2.18. The minimum Gasteiger partial charge on any atom is -0.349 e. The maximum Gasteiger partial charge on any atom is 0.220 e. The fourth-order valence-electron chi connectivity index (χ4n) is 1.71. The molecule has 0 aliphatic carbocycles. The van der Waals surface area contributed by atoms with E-state index >= 15 is 0 Å². The van der Waals surface area contributed by atoms with Gasteiger partial charge in [-0.1, -0.05) is 18.9 Å². The minimum absolute atomic E-state index is 0.131. The van der Waals surface area contributed by atoms with Crippen molar-refractivity contribution in [2.75, 3.05) is 6.54 Å². The van der Waals surface area contributed by atoms with Crippen molar-refractivity contribution in [2.24, 2.45) is 5.73 Å². The molecule has 3 nitrogen and oxygen atoms in total. The first-order valence-electron chi connectivity index (χ1n) is 6.27. The Bertz CT molecular complexity index is 311. The van der Waals surface area contributed by atoms with Crippen LogP contribution >= 0.6 is 11.3 Å². The first-order chi connectivity index (χ1) is 8.24. The molecular weight excluding hydrogens is 232 g/mol. The first kappa shape index (κ1) is 14.2. The van der Waals surface area contributed by atoms with Crippen molar-refractivity contribution < 1.29 is 4.79 Å². The number of amides is 1. The Morgan fingerprint density at radius 1 is 1.41 bits per heavy atom. The van der Waals surface area contributed by atoms with Crippen molar-refractivity contribution in [3.63, 3.8) is 0 Å². The zero-order chi connectivity index (χ0) is 12.5. The van der Waals surface area contributed by atoms with Crippen molar-refractivity contribution >= 4 is 17.2 Å². The maximum absolute atomic E-state index is 11.7. The van der Waals surface area contributed by atoms with Crippen LogP contribution in [-0.2, 0) is 4.79 Å². The third-order valence-electron chi connectivity index (χ3n) is 2.71. The van der Waals surface area contributed by atoms with E-state index in [1.54, 1.807) is 11.3 Å². The molecule has 1 aromatic heterocycles. The molecule has 0 aromatic carbocycles. The van der Waals surface area contributed by atoms with Crippen LogP contribution in [0.2, 0.25) is 0 Å². The molecule has 1 amide bonds. The summed E-state index contributed by atoms with van der Waals surface area (Å²) < 4.78 is 0. The highest BCUT2D eigenvalue weighted by molar-refractivity contribution is 7.10. The van der Waals surface area contributed by atoms with Gasteiger partial charge in [0.15, 0.2) is 0 Å². The van der Waals surface area contributed by atoms with Crippen molar-refractivity contribution in [3.05, 3.63) is 22.4 Å². The highest BCUT2D eigenvalue weighted by Gasteiger charge is 2.09. The Kier molecular flexibility index (Phi) is 6.89. The summed E-state index contributed by atoms with van der Waals surface area (Å²) in [5, 5.41) is 5.05. The number of carbonyl (C=O) groups excluding carboxylic acids is 1. The topological polar surface area (TPSA) is 55.1 Å². The molecule has 1 atom stereocenters. The van der Waals surface area contributed by atoms with Crippen molar-refractivity contribution in [3.8, 4) is 0 Å². The third kappa shape index (κ3) is 5.84. The number of nitrogens with two attached hydrogens (primary N) is 1. The number of hydrogen-bond acceptors (Lipinski definition) is 3. The van der Waals surface area contributed by atoms with Crippen LogP contribution in [-0.4, -0.2) is 12.5 Å². The van der Waals surface area contributed by atoms with Gasteiger partial charge >= 0.3 is 0 Å². The molecule has 0 bridgehead atoms. The maximum atomic E-state index is 11.7. The van der Waals surface area contributed by atoms with Gasteiger partial charge in [-0.3, -0.25) is 4.79 Å². The van der Waals surface area contributed by atoms with Crippen LogP contribution in [0.25, 0.3) is 0 Å². The van der Waals surface area contributed by atoms with E-state index in [1.165, 1.54) is 4.88 Å². The summed E-state index contributed by atoms with van der Waals surface area (Å²) in [5.74, 6) is 0.152. The molecule has 0 aliphatic rings. The molecule has 0 radical (unpaired) electrons. The summed E-state index contributed by atoms with van der Waals surface area (Å²) in [6.45, 7) is 2.78. The molecule has 4 heteroatoms. The summed E-state index contributed by atoms with van der Waals surface area (Å²) >= 11 is 1.68. The van der Waals surface area contributed by atoms with Crippen LogP contribution in [0.3, 0.4) is 0 Å². The second-order valence-electron chi connectivity index (χ2n) is 4.26. The normalized spacial score (nSPS) is 12.4. The van der Waals surface area contributed by atoms with Gasteiger partial charge in [0.2, 0.25) is 5.91 Å². The molecular formula is C13H22N2OS. The number of rotatable bonds is 8. The van der Waals surface area contributed by atoms with Gasteiger partial charge in [0.25, 0.3) is 0 Å². The molecule has 0 fully saturated rings. The van der Waals surface area contributed by atoms with Crippen molar-refractivity contribution in [2.45, 2.75) is 45.1 Å². The second kappa shape index (κ2) is 8.25. The van der Waals surface area contributed by atoms with E-state index < -0.39 is 0 Å². The summed E-state index contributed by atoms with van der Waals surface area (Å²) in [6, 6.07) is 4.19. The molecule has 0 saturated heterocycles. The van der Waals surface area contributed by atoms with Crippen LogP contribution in [0.5, 0.6) is 0 Å². The highest BCUT2D eigenvalue weighted by atomic mass is 32.1. The van der Waals surface area contributed by atoms with Crippen LogP contribution in [0.15, 0.2) is 17.5 Å². The number of nitrogens with one attached hydrogen (secondary N) is 1. The predicted molar refractivity (Wildman–Crippen MR) is 73.0 cm³/mol. The molecule has 1 aromatic rings. The standard InChI is InChI=1S/C13H22N2OS/c1-11(12-7-6-10-17-12)15-13(16)8-4-2-3-5-9-14/h6-7,10-11H,2-5,8-9,14H2,1H3,(H,15,16). The molecule has 3 N–H and O–H groups in total. The molecule has 1 unspecified atom stereocenters. The third-order valence-corrected chi connectivity index (χ3v) is 3.76. The van der Waals surface area contributed by atoms with E-state index in [1.807, 2.05) is 18.4 Å². The summed E-state index contributed by atoms with van der Waals surface area (Å²) in [6.07, 6.45) is 4.87. The summed E-state index contributed by atoms with van der Waals surface area (Å²) in [7, 11) is 0. The monoisotopic (exact) mass is 254 g/mol. The second-order valence-corrected chi connectivity index (χ2v) is 5.24. The lowest BCUT2D eigenvalue weighted by Crippen LogP contribution is -2.25. The van der Waals surface area contributed by atoms with Crippen LogP contribution < -0.4 is 11.1 Å². The van der Waals surface area contributed by atoms with Crippen LogP contribution in [0, 0.1) is 0 Å². The number of unbranched alkanes of at least 4 members (excludes halogenated alkanes) is 3. The average Bonchev–Trinajstić information content (AvgIpc) is 2.82. The SMILES string of the molecule is CC(NC(=O)CCCCCCN)c1cccs1. The van der Waals surface area contributed by atoms with Crippen molar-refractivity contribution in [1.29, 1.82) is 0 Å². The zero-order valence-corrected chi connectivity index (χ0v) is 11.3. The largest absolute Gasteiger partial charge is 0.349 e. The molecule has 17 heavy (non-hydrogen) atoms. The molecule has 0 saturated carbocycles. The summed E-state index contributed by atoms with van der Waals surface area (Å²) in [5.41, 5.74) is 5.41. The Morgan fingerprint density at radius 3 is 2.82 bits per heavy atom. The molecule has 1 rings (SSSR count). The molecule has 1 heterocycles. The molecule has 0 aliphatic heterocycles.